The van der Waals surface area contributed by atoms with Crippen LogP contribution in [0, 0.1) is 23.3 Å². The van der Waals surface area contributed by atoms with Crippen LogP contribution in [0.4, 0.5) is 92.2 Å². The van der Waals surface area contributed by atoms with Crippen LogP contribution >= 0.6 is 0 Å². The highest BCUT2D eigenvalue weighted by Crippen LogP contribution is 2.63. The van der Waals surface area contributed by atoms with Gasteiger partial charge in [0.25, 0.3) is 10.1 Å². The Morgan fingerprint density at radius 1 is 0.525 bits per heavy atom. The van der Waals surface area contributed by atoms with Crippen molar-refractivity contribution < 1.29 is 105 Å². The summed E-state index contributed by atoms with van der Waals surface area (Å²) in [5, 5.41) is 0. The summed E-state index contributed by atoms with van der Waals surface area (Å²) < 4.78 is 309. The van der Waals surface area contributed by atoms with E-state index in [0.29, 0.717) is 0 Å². The lowest BCUT2D eigenvalue weighted by atomic mass is 9.90. The maximum absolute atomic E-state index is 14.1. The molecule has 0 saturated heterocycles. The van der Waals surface area contributed by atoms with Crippen molar-refractivity contribution in [3.63, 3.8) is 0 Å². The highest BCUT2D eigenvalue weighted by Gasteiger charge is 2.93. The van der Waals surface area contributed by atoms with Gasteiger partial charge in [0, 0.05) is 0 Å². The van der Waals surface area contributed by atoms with Gasteiger partial charge in [-0.2, -0.15) is 74.3 Å². The summed E-state index contributed by atoms with van der Waals surface area (Å²) >= 11 is 0. The van der Waals surface area contributed by atoms with E-state index in [0.717, 1.165) is 0 Å². The molecule has 0 aliphatic carbocycles. The summed E-state index contributed by atoms with van der Waals surface area (Å²) in [5.74, 6) is -76.4. The van der Waals surface area contributed by atoms with Gasteiger partial charge >= 0.3 is 41.7 Å². The van der Waals surface area contributed by atoms with Gasteiger partial charge < -0.3 is 0 Å². The summed E-state index contributed by atoms with van der Waals surface area (Å²) in [6.07, 6.45) is -7.99. The molecule has 0 aliphatic heterocycles. The largest absolute Gasteiger partial charge is 0.460 e. The molecule has 3 nitrogen and oxygen atoms in total. The first-order valence-electron chi connectivity index (χ1n) is 8.44. The number of rotatable bonds is 8. The van der Waals surface area contributed by atoms with Crippen molar-refractivity contribution in [2.45, 2.75) is 46.6 Å². The van der Waals surface area contributed by atoms with Crippen LogP contribution in [0.3, 0.4) is 0 Å². The van der Waals surface area contributed by atoms with Crippen LogP contribution in [-0.4, -0.2) is 54.7 Å². The first-order valence-corrected chi connectivity index (χ1v) is 9.88. The van der Waals surface area contributed by atoms with Crippen molar-refractivity contribution in [3.05, 3.63) is 34.7 Å². The molecular formula is C15HF21O3S. The lowest BCUT2D eigenvalue weighted by molar-refractivity contribution is -0.450. The van der Waals surface area contributed by atoms with E-state index in [1.807, 2.05) is 0 Å². The van der Waals surface area contributed by atoms with Crippen LogP contribution in [0.15, 0.2) is 10.7 Å². The molecule has 0 saturated carbocycles. The minimum Gasteiger partial charge on any atom is -0.282 e. The van der Waals surface area contributed by atoms with E-state index >= 15 is 0 Å². The predicted molar refractivity (Wildman–Crippen MR) is 81.0 cm³/mol. The SMILES string of the molecule is O=S(=O)(O)c1c(F)c(F)c(F)c(F)c1C(F)=C(F)C(F)(F)C(F)(F)C(F)(F)C(F)(F)C(F)(F)C(F)(F)C(F)(F)F. The van der Waals surface area contributed by atoms with Crippen molar-refractivity contribution >= 4 is 15.9 Å². The van der Waals surface area contributed by atoms with Crippen LogP contribution in [0.2, 0.25) is 0 Å². The van der Waals surface area contributed by atoms with E-state index in [4.69, 9.17) is 4.55 Å². The fourth-order valence-corrected chi connectivity index (χ4v) is 3.16. The van der Waals surface area contributed by atoms with Crippen LogP contribution in [0.25, 0.3) is 5.83 Å². The highest BCUT2D eigenvalue weighted by molar-refractivity contribution is 7.86. The minimum atomic E-state index is -9.00. The van der Waals surface area contributed by atoms with Gasteiger partial charge in [0.15, 0.2) is 29.1 Å². The zero-order chi connectivity index (χ0) is 32.6. The maximum atomic E-state index is 14.1. The van der Waals surface area contributed by atoms with Crippen molar-refractivity contribution in [1.29, 1.82) is 0 Å². The van der Waals surface area contributed by atoms with E-state index < -0.39 is 97.2 Å². The summed E-state index contributed by atoms with van der Waals surface area (Å²) in [7, 11) is -6.84. The van der Waals surface area contributed by atoms with Crippen LogP contribution in [0.1, 0.15) is 5.56 Å². The van der Waals surface area contributed by atoms with E-state index in [1.165, 1.54) is 0 Å². The first-order chi connectivity index (χ1) is 17.2. The zero-order valence-electron chi connectivity index (χ0n) is 17.1. The molecule has 0 unspecified atom stereocenters. The van der Waals surface area contributed by atoms with Gasteiger partial charge in [0.2, 0.25) is 5.83 Å². The average molecular weight is 660 g/mol. The third-order valence-electron chi connectivity index (χ3n) is 4.50. The van der Waals surface area contributed by atoms with E-state index in [9.17, 15) is 101 Å². The molecule has 1 rings (SSSR count). The molecule has 232 valence electrons. The van der Waals surface area contributed by atoms with Crippen LogP contribution in [0.5, 0.6) is 0 Å². The fourth-order valence-electron chi connectivity index (χ4n) is 2.40. The second kappa shape index (κ2) is 9.47. The number of hydrogen-bond acceptors (Lipinski definition) is 2. The quantitative estimate of drug-likeness (QED) is 0.136. The first kappa shape index (κ1) is 35.4. The smallest absolute Gasteiger partial charge is 0.282 e. The molecular weight excluding hydrogens is 659 g/mol. The van der Waals surface area contributed by atoms with Gasteiger partial charge in [-0.25, -0.2) is 26.3 Å². The topological polar surface area (TPSA) is 54.4 Å². The van der Waals surface area contributed by atoms with E-state index in [2.05, 4.69) is 0 Å². The molecule has 0 atom stereocenters. The second-order valence-electron chi connectivity index (χ2n) is 7.01. The molecule has 25 heteroatoms. The molecule has 1 aromatic carbocycles. The average Bonchev–Trinajstić information content (AvgIpc) is 2.76. The lowest BCUT2D eigenvalue weighted by Crippen LogP contribution is -2.72. The summed E-state index contributed by atoms with van der Waals surface area (Å²) in [6, 6.07) is 0. The minimum absolute atomic E-state index is 3.39. The van der Waals surface area contributed by atoms with Crippen LogP contribution < -0.4 is 0 Å². The van der Waals surface area contributed by atoms with Crippen molar-refractivity contribution in [1.82, 2.24) is 0 Å². The Morgan fingerprint density at radius 2 is 0.850 bits per heavy atom. The number of benzene rings is 1. The zero-order valence-corrected chi connectivity index (χ0v) is 17.9. The summed E-state index contributed by atoms with van der Waals surface area (Å²) in [4.78, 5) is -3.48. The molecule has 0 bridgehead atoms. The number of allylic oxidation sites excluding steroid dienone is 1. The maximum Gasteiger partial charge on any atom is 0.460 e. The molecule has 0 aliphatic rings. The molecule has 40 heavy (non-hydrogen) atoms. The van der Waals surface area contributed by atoms with Gasteiger partial charge in [-0.1, -0.05) is 0 Å². The summed E-state index contributed by atoms with van der Waals surface area (Å²) in [5.41, 5.74) is -3.71. The molecule has 0 heterocycles. The third-order valence-corrected chi connectivity index (χ3v) is 5.40. The second-order valence-corrected chi connectivity index (χ2v) is 8.37. The molecule has 1 N–H and O–H groups in total. The molecule has 0 amide bonds. The Hall–Kier alpha value is -2.60. The van der Waals surface area contributed by atoms with Crippen molar-refractivity contribution in [3.8, 4) is 0 Å². The predicted octanol–water partition coefficient (Wildman–Crippen LogP) is 7.47. The summed E-state index contributed by atoms with van der Waals surface area (Å²) in [6.45, 7) is 0. The monoisotopic (exact) mass is 660 g/mol. The van der Waals surface area contributed by atoms with Gasteiger partial charge in [-0.15, -0.1) is 0 Å². The Labute approximate surface area is 203 Å². The van der Waals surface area contributed by atoms with Crippen molar-refractivity contribution in [2.75, 3.05) is 0 Å². The molecule has 0 aromatic heterocycles. The number of hydrogen-bond donors (Lipinski definition) is 1. The third kappa shape index (κ3) is 4.60. The van der Waals surface area contributed by atoms with Crippen LogP contribution in [-0.2, 0) is 10.1 Å². The lowest BCUT2D eigenvalue weighted by Gasteiger charge is -2.41. The molecule has 1 aromatic rings. The van der Waals surface area contributed by atoms with E-state index in [1.54, 1.807) is 0 Å². The van der Waals surface area contributed by atoms with Crippen molar-refractivity contribution in [2.24, 2.45) is 0 Å². The fraction of sp³-hybridized carbons (Fsp3) is 0.467. The Bertz CT molecular complexity index is 1320. The number of alkyl halides is 15. The van der Waals surface area contributed by atoms with Gasteiger partial charge in [0.05, 0.1) is 5.56 Å². The Balaban J connectivity index is 4.11. The molecule has 0 radical (unpaired) electrons. The molecule has 0 spiro atoms. The van der Waals surface area contributed by atoms with E-state index in [-0.39, 0.29) is 0 Å². The highest BCUT2D eigenvalue weighted by atomic mass is 32.2. The van der Waals surface area contributed by atoms with Gasteiger partial charge in [-0.05, 0) is 0 Å². The Morgan fingerprint density at radius 3 is 1.20 bits per heavy atom. The van der Waals surface area contributed by atoms with Gasteiger partial charge in [0.1, 0.15) is 4.90 Å². The standard InChI is InChI=1S/C15HF21O3S/c16-2-1(7(40(37,38)39)6(20)5(19)4(2)18)3(17)8(21)9(22,23)10(24,25)11(26,27)12(28,29)13(30,31)14(32,33)15(34,35)36/h(H,37,38,39). The Kier molecular flexibility index (Phi) is 8.39. The van der Waals surface area contributed by atoms with Gasteiger partial charge in [-0.3, -0.25) is 4.55 Å². The molecule has 0 fully saturated rings. The number of halogens is 21. The normalized spacial score (nSPS) is 15.8.